The van der Waals surface area contributed by atoms with Gasteiger partial charge in [-0.05, 0) is 43.2 Å². The van der Waals surface area contributed by atoms with Crippen molar-refractivity contribution in [2.75, 3.05) is 11.9 Å². The van der Waals surface area contributed by atoms with Gasteiger partial charge in [0.15, 0.2) is 0 Å². The molecule has 7 nitrogen and oxygen atoms in total. The lowest BCUT2D eigenvalue weighted by atomic mass is 9.92. The van der Waals surface area contributed by atoms with E-state index in [-0.39, 0.29) is 12.3 Å². The Labute approximate surface area is 165 Å². The zero-order chi connectivity index (χ0) is 19.8. The Balaban J connectivity index is 1.40. The van der Waals surface area contributed by atoms with E-state index in [0.717, 1.165) is 74.1 Å². The van der Waals surface area contributed by atoms with E-state index in [1.165, 1.54) is 6.33 Å². The van der Waals surface area contributed by atoms with Crippen molar-refractivity contribution < 1.29 is 15.0 Å². The van der Waals surface area contributed by atoms with E-state index in [9.17, 15) is 9.90 Å². The minimum absolute atomic E-state index is 0.0292. The number of hydrogen-bond acceptors (Lipinski definition) is 6. The molecule has 2 aromatic rings. The smallest absolute Gasteiger partial charge is 0.303 e. The molecule has 0 amide bonds. The lowest BCUT2D eigenvalue weighted by Crippen LogP contribution is -2.18. The average molecular weight is 384 g/mol. The molecule has 150 valence electrons. The van der Waals surface area contributed by atoms with Crippen molar-refractivity contribution in [3.63, 3.8) is 0 Å². The molecule has 0 aliphatic carbocycles. The van der Waals surface area contributed by atoms with Gasteiger partial charge in [0, 0.05) is 30.2 Å². The Kier molecular flexibility index (Phi) is 7.31. The summed E-state index contributed by atoms with van der Waals surface area (Å²) in [5.41, 5.74) is 2.84. The van der Waals surface area contributed by atoms with Crippen LogP contribution in [0.3, 0.4) is 0 Å². The first-order chi connectivity index (χ1) is 13.6. The van der Waals surface area contributed by atoms with E-state index in [4.69, 9.17) is 5.11 Å². The van der Waals surface area contributed by atoms with Gasteiger partial charge in [0.05, 0.1) is 12.5 Å². The third-order valence-corrected chi connectivity index (χ3v) is 5.26. The van der Waals surface area contributed by atoms with Gasteiger partial charge in [-0.2, -0.15) is 0 Å². The summed E-state index contributed by atoms with van der Waals surface area (Å²) in [6, 6.07) is 3.99. The lowest BCUT2D eigenvalue weighted by molar-refractivity contribution is -0.137. The number of aliphatic hydroxyl groups excluding tert-OH is 1. The lowest BCUT2D eigenvalue weighted by Gasteiger charge is -2.22. The molecular formula is C21H28N4O3. The molecule has 1 unspecified atom stereocenters. The highest BCUT2D eigenvalue weighted by molar-refractivity contribution is 5.68. The average Bonchev–Trinajstić information content (AvgIpc) is 2.70. The first-order valence-electron chi connectivity index (χ1n) is 10.0. The van der Waals surface area contributed by atoms with Gasteiger partial charge in [-0.3, -0.25) is 4.79 Å². The fraction of sp³-hybridized carbons (Fsp3) is 0.524. The minimum atomic E-state index is -0.786. The summed E-state index contributed by atoms with van der Waals surface area (Å²) < 4.78 is 0. The Morgan fingerprint density at radius 3 is 2.75 bits per heavy atom. The van der Waals surface area contributed by atoms with Crippen molar-refractivity contribution in [2.45, 2.75) is 63.4 Å². The van der Waals surface area contributed by atoms with Crippen LogP contribution >= 0.6 is 0 Å². The maximum absolute atomic E-state index is 11.1. The number of aliphatic carboxylic acids is 1. The van der Waals surface area contributed by atoms with Crippen molar-refractivity contribution in [1.82, 2.24) is 15.0 Å². The molecular weight excluding hydrogens is 356 g/mol. The topological polar surface area (TPSA) is 108 Å². The molecule has 3 rings (SSSR count). The second kappa shape index (κ2) is 10.1. The van der Waals surface area contributed by atoms with Gasteiger partial charge in [-0.25, -0.2) is 15.0 Å². The van der Waals surface area contributed by atoms with Gasteiger partial charge in [-0.1, -0.05) is 25.3 Å². The molecule has 7 heteroatoms. The van der Waals surface area contributed by atoms with Crippen LogP contribution in [0.2, 0.25) is 0 Å². The summed E-state index contributed by atoms with van der Waals surface area (Å²) in [6.45, 7) is 0.759. The number of nitrogens with zero attached hydrogens (tertiary/aromatic N) is 3. The number of hydrogen-bond donors (Lipinski definition) is 3. The molecule has 0 saturated carbocycles. The number of nitrogens with one attached hydrogen (secondary N) is 1. The van der Waals surface area contributed by atoms with Gasteiger partial charge < -0.3 is 15.5 Å². The fourth-order valence-electron chi connectivity index (χ4n) is 3.71. The van der Waals surface area contributed by atoms with Crippen LogP contribution in [0.25, 0.3) is 0 Å². The summed E-state index contributed by atoms with van der Waals surface area (Å²) in [5, 5.41) is 22.4. The summed E-state index contributed by atoms with van der Waals surface area (Å²) in [6.07, 6.45) is 11.3. The van der Waals surface area contributed by atoms with Crippen molar-refractivity contribution in [2.24, 2.45) is 0 Å². The molecule has 1 aliphatic heterocycles. The van der Waals surface area contributed by atoms with E-state index in [1.54, 1.807) is 12.4 Å². The third kappa shape index (κ3) is 5.73. The number of unbranched alkanes of at least 4 members (excludes halogenated alkanes) is 3. The summed E-state index contributed by atoms with van der Waals surface area (Å²) in [7, 11) is 0. The van der Waals surface area contributed by atoms with Gasteiger partial charge in [0.25, 0.3) is 0 Å². The number of aromatic nitrogens is 3. The third-order valence-electron chi connectivity index (χ3n) is 5.26. The number of carbonyl (C=O) groups is 1. The normalized spacial score (nSPS) is 16.8. The predicted octanol–water partition coefficient (Wildman–Crippen LogP) is 3.47. The fourth-order valence-corrected chi connectivity index (χ4v) is 3.71. The number of fused-ring (bicyclic) bond motifs is 1. The van der Waals surface area contributed by atoms with Crippen LogP contribution < -0.4 is 5.32 Å². The molecule has 0 radical (unpaired) electrons. The van der Waals surface area contributed by atoms with Gasteiger partial charge in [0.1, 0.15) is 12.1 Å². The van der Waals surface area contributed by atoms with Crippen molar-refractivity contribution in [1.29, 1.82) is 0 Å². The Morgan fingerprint density at radius 2 is 1.96 bits per heavy atom. The first-order valence-corrected chi connectivity index (χ1v) is 10.0. The second-order valence-electron chi connectivity index (χ2n) is 7.39. The maximum atomic E-state index is 11.1. The highest BCUT2D eigenvalue weighted by atomic mass is 16.4. The standard InChI is InChI=1S/C21H28N4O3/c26-19-9-10-24-21-18(19)8-7-17(25-21)6-4-2-1-3-5-15(11-20(27)28)16-12-22-14-23-13-16/h7-8,12-15,19,26H,1-6,9-11H2,(H,24,25)(H,27,28)/t15-,19?/m0/s1. The van der Waals surface area contributed by atoms with Crippen LogP contribution in [0.4, 0.5) is 5.82 Å². The Bertz CT molecular complexity index is 770. The van der Waals surface area contributed by atoms with Crippen LogP contribution in [0.5, 0.6) is 0 Å². The molecule has 3 heterocycles. The highest BCUT2D eigenvalue weighted by Gasteiger charge is 2.19. The Morgan fingerprint density at radius 1 is 1.18 bits per heavy atom. The van der Waals surface area contributed by atoms with E-state index in [1.807, 2.05) is 12.1 Å². The summed E-state index contributed by atoms with van der Waals surface area (Å²) >= 11 is 0. The van der Waals surface area contributed by atoms with Crippen LogP contribution in [0, 0.1) is 0 Å². The number of aliphatic hydroxyl groups is 1. The first kappa shape index (κ1) is 20.2. The molecule has 0 bridgehead atoms. The zero-order valence-corrected chi connectivity index (χ0v) is 16.0. The van der Waals surface area contributed by atoms with Crippen molar-refractivity contribution in [3.8, 4) is 0 Å². The van der Waals surface area contributed by atoms with Gasteiger partial charge >= 0.3 is 5.97 Å². The quantitative estimate of drug-likeness (QED) is 0.538. The van der Waals surface area contributed by atoms with Gasteiger partial charge in [0.2, 0.25) is 0 Å². The molecule has 2 atom stereocenters. The van der Waals surface area contributed by atoms with Crippen LogP contribution in [0.15, 0.2) is 30.9 Å². The maximum Gasteiger partial charge on any atom is 0.303 e. The number of aryl methyl sites for hydroxylation is 1. The highest BCUT2D eigenvalue weighted by Crippen LogP contribution is 2.28. The molecule has 3 N–H and O–H groups in total. The van der Waals surface area contributed by atoms with Crippen LogP contribution in [-0.2, 0) is 11.2 Å². The number of carboxylic acids is 1. The van der Waals surface area contributed by atoms with E-state index < -0.39 is 12.1 Å². The van der Waals surface area contributed by atoms with E-state index >= 15 is 0 Å². The minimum Gasteiger partial charge on any atom is -0.481 e. The van der Waals surface area contributed by atoms with Crippen molar-refractivity contribution >= 4 is 11.8 Å². The number of carboxylic acid groups (broad SMARTS) is 1. The zero-order valence-electron chi connectivity index (χ0n) is 16.0. The molecule has 2 aromatic heterocycles. The molecule has 0 saturated heterocycles. The summed E-state index contributed by atoms with van der Waals surface area (Å²) in [5.74, 6) is 0.00224. The van der Waals surface area contributed by atoms with Gasteiger partial charge in [-0.15, -0.1) is 0 Å². The van der Waals surface area contributed by atoms with Crippen molar-refractivity contribution in [3.05, 3.63) is 47.7 Å². The molecule has 0 spiro atoms. The summed E-state index contributed by atoms with van der Waals surface area (Å²) in [4.78, 5) is 23.8. The predicted molar refractivity (Wildman–Crippen MR) is 106 cm³/mol. The largest absolute Gasteiger partial charge is 0.481 e. The molecule has 28 heavy (non-hydrogen) atoms. The SMILES string of the molecule is O=C(O)C[C@H](CCCCCCc1ccc2c(n1)NCCC2O)c1cncnc1. The van der Waals surface area contributed by atoms with E-state index in [2.05, 4.69) is 20.3 Å². The molecule has 0 fully saturated rings. The second-order valence-corrected chi connectivity index (χ2v) is 7.39. The number of rotatable bonds is 10. The molecule has 1 aliphatic rings. The number of anilines is 1. The van der Waals surface area contributed by atoms with Crippen LogP contribution in [0.1, 0.15) is 73.8 Å². The Hall–Kier alpha value is -2.54. The monoisotopic (exact) mass is 384 g/mol. The number of pyridine rings is 1. The van der Waals surface area contributed by atoms with Crippen LogP contribution in [-0.4, -0.2) is 37.7 Å². The molecule has 0 aromatic carbocycles. The van der Waals surface area contributed by atoms with E-state index in [0.29, 0.717) is 0 Å².